The molecule has 1 aliphatic heterocycles. The van der Waals surface area contributed by atoms with Gasteiger partial charge in [-0.3, -0.25) is 4.79 Å². The van der Waals surface area contributed by atoms with Crippen molar-refractivity contribution < 1.29 is 23.8 Å². The Kier molecular flexibility index (Phi) is 14.3. The summed E-state index contributed by atoms with van der Waals surface area (Å²) >= 11 is 2.84. The van der Waals surface area contributed by atoms with Gasteiger partial charge in [0, 0.05) is 18.1 Å². The molecular formula is C14H26O5S2. The molecule has 1 heterocycles. The number of carbonyl (C=O) groups excluding carboxylic acids is 2. The summed E-state index contributed by atoms with van der Waals surface area (Å²) in [7, 11) is 1.29. The van der Waals surface area contributed by atoms with E-state index in [0.717, 1.165) is 43.8 Å². The molecule has 1 rings (SSSR count). The second-order valence-corrected chi connectivity index (χ2v) is 6.67. The summed E-state index contributed by atoms with van der Waals surface area (Å²) in [5.41, 5.74) is 0. The van der Waals surface area contributed by atoms with Crippen LogP contribution in [0.1, 0.15) is 39.5 Å². The molecule has 1 unspecified atom stereocenters. The quantitative estimate of drug-likeness (QED) is 0.667. The van der Waals surface area contributed by atoms with Crippen molar-refractivity contribution >= 4 is 34.1 Å². The van der Waals surface area contributed by atoms with E-state index < -0.39 is 6.16 Å². The number of carbonyl (C=O) groups is 2. The predicted molar refractivity (Wildman–Crippen MR) is 88.2 cm³/mol. The predicted octanol–water partition coefficient (Wildman–Crippen LogP) is 4.34. The molecule has 0 amide bonds. The highest BCUT2D eigenvalue weighted by Gasteiger charge is 2.16. The van der Waals surface area contributed by atoms with Gasteiger partial charge in [-0.05, 0) is 25.7 Å². The van der Waals surface area contributed by atoms with Crippen LogP contribution < -0.4 is 0 Å². The third-order valence-corrected chi connectivity index (χ3v) is 4.76. The summed E-state index contributed by atoms with van der Waals surface area (Å²) in [4.78, 5) is 21.4. The lowest BCUT2D eigenvalue weighted by Crippen LogP contribution is -2.08. The van der Waals surface area contributed by atoms with E-state index in [0.29, 0.717) is 12.7 Å². The Bertz CT molecular complexity index is 281. The van der Waals surface area contributed by atoms with Crippen LogP contribution in [-0.4, -0.2) is 48.5 Å². The van der Waals surface area contributed by atoms with Crippen molar-refractivity contribution in [3.8, 4) is 0 Å². The molecule has 0 aromatic carbocycles. The Balaban J connectivity index is 0.000000433. The van der Waals surface area contributed by atoms with Crippen molar-refractivity contribution in [1.82, 2.24) is 0 Å². The van der Waals surface area contributed by atoms with Crippen molar-refractivity contribution in [2.75, 3.05) is 31.8 Å². The Morgan fingerprint density at radius 3 is 2.52 bits per heavy atom. The number of hydrogen-bond donors (Lipinski definition) is 0. The van der Waals surface area contributed by atoms with Gasteiger partial charge >= 0.3 is 6.16 Å². The number of hydrogen-bond acceptors (Lipinski definition) is 7. The summed E-state index contributed by atoms with van der Waals surface area (Å²) in [6.45, 7) is 5.32. The zero-order valence-corrected chi connectivity index (χ0v) is 14.7. The molecule has 0 bridgehead atoms. The third-order valence-electron chi connectivity index (χ3n) is 2.43. The van der Waals surface area contributed by atoms with Gasteiger partial charge in [0.1, 0.15) is 0 Å². The Hall–Kier alpha value is -0.400. The molecule has 0 aromatic rings. The smallest absolute Gasteiger partial charge is 0.438 e. The zero-order chi connectivity index (χ0) is 15.9. The molecular weight excluding hydrogens is 312 g/mol. The van der Waals surface area contributed by atoms with E-state index in [1.165, 1.54) is 30.6 Å². The Labute approximate surface area is 135 Å². The van der Waals surface area contributed by atoms with E-state index in [-0.39, 0.29) is 4.45 Å². The summed E-state index contributed by atoms with van der Waals surface area (Å²) in [5.74, 6) is 1.78. The summed E-state index contributed by atoms with van der Waals surface area (Å²) in [5, 5.41) is 0. The van der Waals surface area contributed by atoms with Gasteiger partial charge in [-0.1, -0.05) is 37.4 Å². The molecule has 0 N–H and O–H groups in total. The standard InChI is InChI=1S/C9H16O2S2.C5H10O3/c1-2-6-12-9(10)13-7-8-4-3-5-11-8;1-3-4-8-5(6)7-2/h8H,2-7H2,1H3;3-4H2,1-2H3. The van der Waals surface area contributed by atoms with Gasteiger partial charge in [-0.25, -0.2) is 4.79 Å². The first-order valence-electron chi connectivity index (χ1n) is 7.25. The molecule has 124 valence electrons. The maximum atomic E-state index is 11.2. The van der Waals surface area contributed by atoms with Crippen LogP contribution in [0.25, 0.3) is 0 Å². The molecule has 7 heteroatoms. The van der Waals surface area contributed by atoms with Gasteiger partial charge < -0.3 is 14.2 Å². The summed E-state index contributed by atoms with van der Waals surface area (Å²) < 4.78 is 14.3. The van der Waals surface area contributed by atoms with Crippen molar-refractivity contribution in [3.63, 3.8) is 0 Å². The summed E-state index contributed by atoms with van der Waals surface area (Å²) in [6, 6.07) is 0. The SMILES string of the molecule is CCCOC(=O)OC.CCCSC(=O)SCC1CCCO1. The minimum Gasteiger partial charge on any atom is -0.438 e. The fourth-order valence-corrected chi connectivity index (χ4v) is 3.15. The lowest BCUT2D eigenvalue weighted by molar-refractivity contribution is 0.0728. The van der Waals surface area contributed by atoms with E-state index in [1.807, 2.05) is 6.92 Å². The Morgan fingerprint density at radius 1 is 1.24 bits per heavy atom. The van der Waals surface area contributed by atoms with Crippen LogP contribution >= 0.6 is 23.5 Å². The highest BCUT2D eigenvalue weighted by atomic mass is 32.2. The van der Waals surface area contributed by atoms with Crippen molar-refractivity contribution in [2.24, 2.45) is 0 Å². The maximum Gasteiger partial charge on any atom is 0.507 e. The third kappa shape index (κ3) is 13.0. The van der Waals surface area contributed by atoms with Crippen LogP contribution in [0.2, 0.25) is 0 Å². The van der Waals surface area contributed by atoms with Gasteiger partial charge in [-0.15, -0.1) is 0 Å². The fourth-order valence-electron chi connectivity index (χ4n) is 1.41. The molecule has 21 heavy (non-hydrogen) atoms. The van der Waals surface area contributed by atoms with Crippen molar-refractivity contribution in [3.05, 3.63) is 0 Å². The van der Waals surface area contributed by atoms with E-state index in [1.54, 1.807) is 0 Å². The number of ether oxygens (including phenoxy) is 3. The van der Waals surface area contributed by atoms with Gasteiger partial charge in [0.25, 0.3) is 0 Å². The molecule has 0 spiro atoms. The first-order valence-corrected chi connectivity index (χ1v) is 9.23. The highest BCUT2D eigenvalue weighted by molar-refractivity contribution is 8.38. The average Bonchev–Trinajstić information content (AvgIpc) is 3.02. The van der Waals surface area contributed by atoms with Crippen molar-refractivity contribution in [1.29, 1.82) is 0 Å². The summed E-state index contributed by atoms with van der Waals surface area (Å²) in [6.07, 6.45) is 3.90. The van der Waals surface area contributed by atoms with Crippen LogP contribution in [-0.2, 0) is 14.2 Å². The van der Waals surface area contributed by atoms with Gasteiger partial charge in [0.2, 0.25) is 4.45 Å². The molecule has 0 aromatic heterocycles. The van der Waals surface area contributed by atoms with E-state index in [2.05, 4.69) is 16.4 Å². The maximum absolute atomic E-state index is 11.2. The number of methoxy groups -OCH3 is 1. The molecule has 0 saturated carbocycles. The molecule has 1 aliphatic rings. The van der Waals surface area contributed by atoms with Crippen LogP contribution in [0.15, 0.2) is 0 Å². The molecule has 5 nitrogen and oxygen atoms in total. The Morgan fingerprint density at radius 2 is 2.00 bits per heavy atom. The van der Waals surface area contributed by atoms with Gasteiger partial charge in [0.05, 0.1) is 19.8 Å². The lowest BCUT2D eigenvalue weighted by atomic mass is 10.3. The topological polar surface area (TPSA) is 61.8 Å². The number of rotatable bonds is 6. The molecule has 0 aliphatic carbocycles. The van der Waals surface area contributed by atoms with E-state index in [4.69, 9.17) is 4.74 Å². The van der Waals surface area contributed by atoms with E-state index >= 15 is 0 Å². The van der Waals surface area contributed by atoms with Crippen molar-refractivity contribution in [2.45, 2.75) is 45.6 Å². The van der Waals surface area contributed by atoms with Crippen LogP contribution in [0, 0.1) is 0 Å². The van der Waals surface area contributed by atoms with Gasteiger partial charge in [0.15, 0.2) is 0 Å². The molecule has 1 saturated heterocycles. The molecule has 1 atom stereocenters. The monoisotopic (exact) mass is 338 g/mol. The molecule has 0 radical (unpaired) electrons. The zero-order valence-electron chi connectivity index (χ0n) is 13.1. The highest BCUT2D eigenvalue weighted by Crippen LogP contribution is 2.22. The second kappa shape index (κ2) is 14.5. The largest absolute Gasteiger partial charge is 0.507 e. The van der Waals surface area contributed by atoms with E-state index in [9.17, 15) is 9.59 Å². The molecule has 1 fully saturated rings. The first kappa shape index (κ1) is 20.6. The number of thioether (sulfide) groups is 2. The fraction of sp³-hybridized carbons (Fsp3) is 0.857. The normalized spacial score (nSPS) is 16.8. The van der Waals surface area contributed by atoms with Crippen LogP contribution in [0.5, 0.6) is 0 Å². The minimum absolute atomic E-state index is 0.248. The first-order chi connectivity index (χ1) is 10.1. The van der Waals surface area contributed by atoms with Gasteiger partial charge in [-0.2, -0.15) is 0 Å². The lowest BCUT2D eigenvalue weighted by Gasteiger charge is -2.06. The minimum atomic E-state index is -0.605. The second-order valence-electron chi connectivity index (χ2n) is 4.35. The average molecular weight is 338 g/mol. The van der Waals surface area contributed by atoms with Crippen LogP contribution in [0.3, 0.4) is 0 Å². The van der Waals surface area contributed by atoms with Crippen LogP contribution in [0.4, 0.5) is 9.59 Å².